The number of esters is 1. The Morgan fingerprint density at radius 3 is 2.50 bits per heavy atom. The Morgan fingerprint density at radius 1 is 1.31 bits per heavy atom. The van der Waals surface area contributed by atoms with Crippen LogP contribution in [-0.2, 0) is 16.1 Å². The molecule has 0 aliphatic rings. The average molecular weight is 229 g/mol. The van der Waals surface area contributed by atoms with Crippen molar-refractivity contribution in [2.75, 3.05) is 6.54 Å². The van der Waals surface area contributed by atoms with E-state index >= 15 is 0 Å². The molecule has 1 rings (SSSR count). The fourth-order valence-corrected chi connectivity index (χ4v) is 1.07. The second-order valence-electron chi connectivity index (χ2n) is 3.38. The van der Waals surface area contributed by atoms with Gasteiger partial charge in [0.05, 0.1) is 6.54 Å². The third-order valence-corrected chi connectivity index (χ3v) is 1.94. The summed E-state index contributed by atoms with van der Waals surface area (Å²) < 4.78 is 30.1. The minimum absolute atomic E-state index is 0.000322. The third-order valence-electron chi connectivity index (χ3n) is 1.94. The van der Waals surface area contributed by atoms with Gasteiger partial charge in [0.1, 0.15) is 13.0 Å². The lowest BCUT2D eigenvalue weighted by molar-refractivity contribution is -0.152. The molecule has 3 nitrogen and oxygen atoms in total. The van der Waals surface area contributed by atoms with Gasteiger partial charge in [0, 0.05) is 0 Å². The van der Waals surface area contributed by atoms with Crippen LogP contribution in [0.15, 0.2) is 30.3 Å². The zero-order valence-electron chi connectivity index (χ0n) is 8.66. The molecule has 0 saturated carbocycles. The second kappa shape index (κ2) is 5.55. The van der Waals surface area contributed by atoms with Crippen molar-refractivity contribution in [3.63, 3.8) is 0 Å². The summed E-state index contributed by atoms with van der Waals surface area (Å²) in [4.78, 5) is 11.0. The molecule has 0 atom stereocenters. The Hall–Kier alpha value is -1.49. The molecule has 0 saturated heterocycles. The molecule has 1 aromatic carbocycles. The smallest absolute Gasteiger partial charge is 0.312 e. The van der Waals surface area contributed by atoms with Crippen LogP contribution in [0.3, 0.4) is 0 Å². The first-order valence-electron chi connectivity index (χ1n) is 4.81. The van der Waals surface area contributed by atoms with Crippen molar-refractivity contribution in [3.05, 3.63) is 35.9 Å². The summed E-state index contributed by atoms with van der Waals surface area (Å²) in [7, 11) is 0. The fourth-order valence-electron chi connectivity index (χ4n) is 1.07. The van der Waals surface area contributed by atoms with Gasteiger partial charge in [-0.1, -0.05) is 30.3 Å². The van der Waals surface area contributed by atoms with Crippen LogP contribution < -0.4 is 5.73 Å². The van der Waals surface area contributed by atoms with Gasteiger partial charge in [-0.3, -0.25) is 4.79 Å². The van der Waals surface area contributed by atoms with E-state index in [1.165, 1.54) is 0 Å². The molecule has 0 aliphatic carbocycles. The Labute approximate surface area is 92.2 Å². The zero-order chi connectivity index (χ0) is 12.0. The molecule has 0 fully saturated rings. The molecule has 0 amide bonds. The van der Waals surface area contributed by atoms with Gasteiger partial charge in [0.2, 0.25) is 0 Å². The minimum atomic E-state index is -3.19. The van der Waals surface area contributed by atoms with Gasteiger partial charge in [-0.15, -0.1) is 0 Å². The van der Waals surface area contributed by atoms with Crippen LogP contribution in [0.25, 0.3) is 0 Å². The Morgan fingerprint density at radius 2 is 1.94 bits per heavy atom. The molecule has 0 radical (unpaired) electrons. The van der Waals surface area contributed by atoms with Gasteiger partial charge < -0.3 is 10.5 Å². The van der Waals surface area contributed by atoms with Crippen LogP contribution in [0.4, 0.5) is 8.78 Å². The summed E-state index contributed by atoms with van der Waals surface area (Å²) in [5, 5.41) is 0. The molecule has 0 unspecified atom stereocenters. The van der Waals surface area contributed by atoms with E-state index in [4.69, 9.17) is 10.5 Å². The molecule has 0 bridgehead atoms. The molecule has 5 heteroatoms. The first-order chi connectivity index (χ1) is 7.53. The summed E-state index contributed by atoms with van der Waals surface area (Å²) >= 11 is 0. The maximum absolute atomic E-state index is 12.7. The maximum Gasteiger partial charge on any atom is 0.312 e. The standard InChI is InChI=1S/C11H13F2NO2/c12-11(13,8-14)6-10(15)16-7-9-4-2-1-3-5-9/h1-5H,6-8,14H2. The molecule has 0 aromatic heterocycles. The van der Waals surface area contributed by atoms with E-state index in [0.717, 1.165) is 5.56 Å². The molecule has 0 heterocycles. The number of hydrogen-bond donors (Lipinski definition) is 1. The quantitative estimate of drug-likeness (QED) is 0.782. The minimum Gasteiger partial charge on any atom is -0.461 e. The van der Waals surface area contributed by atoms with Crippen molar-refractivity contribution in [2.24, 2.45) is 5.73 Å². The van der Waals surface area contributed by atoms with Crippen molar-refractivity contribution in [1.29, 1.82) is 0 Å². The highest BCUT2D eigenvalue weighted by atomic mass is 19.3. The molecule has 0 aliphatic heterocycles. The molecular weight excluding hydrogens is 216 g/mol. The van der Waals surface area contributed by atoms with Crippen LogP contribution in [0.2, 0.25) is 0 Å². The third kappa shape index (κ3) is 4.35. The molecular formula is C11H13F2NO2. The number of halogens is 2. The summed E-state index contributed by atoms with van der Waals surface area (Å²) in [6.45, 7) is -0.853. The van der Waals surface area contributed by atoms with Crippen LogP contribution >= 0.6 is 0 Å². The van der Waals surface area contributed by atoms with E-state index in [9.17, 15) is 13.6 Å². The van der Waals surface area contributed by atoms with Crippen LogP contribution in [0.5, 0.6) is 0 Å². The maximum atomic E-state index is 12.7. The molecule has 88 valence electrons. The first-order valence-corrected chi connectivity index (χ1v) is 4.81. The number of ether oxygens (including phenoxy) is 1. The van der Waals surface area contributed by atoms with Gasteiger partial charge in [-0.25, -0.2) is 8.78 Å². The van der Waals surface area contributed by atoms with Gasteiger partial charge in [0.15, 0.2) is 0 Å². The van der Waals surface area contributed by atoms with Crippen molar-refractivity contribution < 1.29 is 18.3 Å². The largest absolute Gasteiger partial charge is 0.461 e. The number of alkyl halides is 2. The van der Waals surface area contributed by atoms with Gasteiger partial charge in [0.25, 0.3) is 5.92 Å². The van der Waals surface area contributed by atoms with Crippen molar-refractivity contribution in [3.8, 4) is 0 Å². The van der Waals surface area contributed by atoms with Crippen molar-refractivity contribution >= 4 is 5.97 Å². The van der Waals surface area contributed by atoms with E-state index in [2.05, 4.69) is 0 Å². The number of benzene rings is 1. The van der Waals surface area contributed by atoms with E-state index in [1.54, 1.807) is 24.3 Å². The second-order valence-corrected chi connectivity index (χ2v) is 3.38. The Bertz CT molecular complexity index is 341. The van der Waals surface area contributed by atoms with E-state index in [0.29, 0.717) is 0 Å². The van der Waals surface area contributed by atoms with Gasteiger partial charge in [-0.2, -0.15) is 0 Å². The highest BCUT2D eigenvalue weighted by molar-refractivity contribution is 5.70. The summed E-state index contributed by atoms with van der Waals surface area (Å²) in [5.41, 5.74) is 5.56. The van der Waals surface area contributed by atoms with E-state index in [1.807, 2.05) is 6.07 Å². The average Bonchev–Trinajstić information content (AvgIpc) is 2.27. The number of carbonyl (C=O) groups is 1. The van der Waals surface area contributed by atoms with Crippen LogP contribution in [-0.4, -0.2) is 18.4 Å². The van der Waals surface area contributed by atoms with Crippen molar-refractivity contribution in [1.82, 2.24) is 0 Å². The highest BCUT2D eigenvalue weighted by Crippen LogP contribution is 2.17. The summed E-state index contributed by atoms with van der Waals surface area (Å²) in [6, 6.07) is 8.85. The number of rotatable bonds is 5. The Balaban J connectivity index is 2.36. The lowest BCUT2D eigenvalue weighted by Gasteiger charge is -2.12. The van der Waals surface area contributed by atoms with Crippen LogP contribution in [0.1, 0.15) is 12.0 Å². The molecule has 0 spiro atoms. The predicted molar refractivity (Wildman–Crippen MR) is 54.9 cm³/mol. The lowest BCUT2D eigenvalue weighted by Crippen LogP contribution is -2.31. The molecule has 16 heavy (non-hydrogen) atoms. The summed E-state index contributed by atoms with van der Waals surface area (Å²) in [6.07, 6.45) is -0.976. The normalized spacial score (nSPS) is 11.2. The topological polar surface area (TPSA) is 52.3 Å². The van der Waals surface area contributed by atoms with E-state index < -0.39 is 24.9 Å². The van der Waals surface area contributed by atoms with Gasteiger partial charge >= 0.3 is 5.97 Å². The number of nitrogens with two attached hydrogens (primary N) is 1. The molecule has 2 N–H and O–H groups in total. The highest BCUT2D eigenvalue weighted by Gasteiger charge is 2.31. The zero-order valence-corrected chi connectivity index (χ0v) is 8.66. The fraction of sp³-hybridized carbons (Fsp3) is 0.364. The first kappa shape index (κ1) is 12.6. The summed E-state index contributed by atoms with van der Waals surface area (Å²) in [5.74, 6) is -4.13. The van der Waals surface area contributed by atoms with Crippen molar-refractivity contribution in [2.45, 2.75) is 19.0 Å². The predicted octanol–water partition coefficient (Wildman–Crippen LogP) is 1.71. The number of carbonyl (C=O) groups excluding carboxylic acids is 1. The monoisotopic (exact) mass is 229 g/mol. The Kier molecular flexibility index (Phi) is 4.37. The van der Waals surface area contributed by atoms with Gasteiger partial charge in [-0.05, 0) is 5.56 Å². The van der Waals surface area contributed by atoms with Crippen LogP contribution in [0, 0.1) is 0 Å². The number of hydrogen-bond acceptors (Lipinski definition) is 3. The van der Waals surface area contributed by atoms with E-state index in [-0.39, 0.29) is 6.61 Å². The SMILES string of the molecule is NCC(F)(F)CC(=O)OCc1ccccc1. The lowest BCUT2D eigenvalue weighted by atomic mass is 10.2. The molecule has 1 aromatic rings.